The van der Waals surface area contributed by atoms with Gasteiger partial charge in [0, 0.05) is 16.6 Å². The lowest BCUT2D eigenvalue weighted by Gasteiger charge is -2.10. The van der Waals surface area contributed by atoms with Crippen LogP contribution in [0, 0.1) is 6.92 Å². The lowest BCUT2D eigenvalue weighted by molar-refractivity contribution is -0.116. The normalized spacial score (nSPS) is 12.5. The minimum Gasteiger partial charge on any atom is -0.300 e. The second kappa shape index (κ2) is 5.20. The van der Waals surface area contributed by atoms with Crippen LogP contribution in [0.25, 0.3) is 0 Å². The van der Waals surface area contributed by atoms with Crippen LogP contribution in [0.5, 0.6) is 0 Å². The third kappa shape index (κ3) is 3.54. The lowest BCUT2D eigenvalue weighted by atomic mass is 10.2. The minimum atomic E-state index is 0.263. The highest BCUT2D eigenvalue weighted by Gasteiger charge is 2.08. The SMILES string of the molecule is CC(=O)CC(C)Sc1ccccc1C. The molecule has 1 nitrogen and oxygen atoms in total. The predicted molar refractivity (Wildman–Crippen MR) is 61.8 cm³/mol. The highest BCUT2D eigenvalue weighted by Crippen LogP contribution is 2.27. The van der Waals surface area contributed by atoms with Gasteiger partial charge in [0.1, 0.15) is 5.78 Å². The van der Waals surface area contributed by atoms with E-state index in [0.717, 1.165) is 0 Å². The summed E-state index contributed by atoms with van der Waals surface area (Å²) < 4.78 is 0. The molecule has 1 aromatic carbocycles. The molecule has 0 aliphatic carbocycles. The highest BCUT2D eigenvalue weighted by molar-refractivity contribution is 8.00. The van der Waals surface area contributed by atoms with Crippen LogP contribution in [0.4, 0.5) is 0 Å². The van der Waals surface area contributed by atoms with Crippen LogP contribution in [-0.2, 0) is 4.79 Å². The fourth-order valence-corrected chi connectivity index (χ4v) is 2.51. The van der Waals surface area contributed by atoms with Gasteiger partial charge >= 0.3 is 0 Å². The second-order valence-electron chi connectivity index (χ2n) is 3.60. The largest absolute Gasteiger partial charge is 0.300 e. The summed E-state index contributed by atoms with van der Waals surface area (Å²) in [6, 6.07) is 8.28. The van der Waals surface area contributed by atoms with Crippen LogP contribution in [0.1, 0.15) is 25.8 Å². The number of hydrogen-bond donors (Lipinski definition) is 0. The van der Waals surface area contributed by atoms with Crippen LogP contribution >= 0.6 is 11.8 Å². The van der Waals surface area contributed by atoms with Gasteiger partial charge in [0.2, 0.25) is 0 Å². The average molecular weight is 208 g/mol. The second-order valence-corrected chi connectivity index (χ2v) is 5.08. The summed E-state index contributed by atoms with van der Waals surface area (Å²) in [4.78, 5) is 12.2. The molecule has 0 aromatic heterocycles. The van der Waals surface area contributed by atoms with Gasteiger partial charge < -0.3 is 0 Å². The van der Waals surface area contributed by atoms with Crippen molar-refractivity contribution in [1.29, 1.82) is 0 Å². The number of hydrogen-bond acceptors (Lipinski definition) is 2. The first kappa shape index (κ1) is 11.3. The molecule has 14 heavy (non-hydrogen) atoms. The molecule has 0 saturated heterocycles. The minimum absolute atomic E-state index is 0.263. The first-order valence-corrected chi connectivity index (χ1v) is 5.69. The van der Waals surface area contributed by atoms with E-state index in [2.05, 4.69) is 26.0 Å². The Morgan fingerprint density at radius 3 is 2.64 bits per heavy atom. The molecule has 0 N–H and O–H groups in total. The van der Waals surface area contributed by atoms with Gasteiger partial charge in [-0.05, 0) is 25.5 Å². The Morgan fingerprint density at radius 2 is 2.07 bits per heavy atom. The Balaban J connectivity index is 2.60. The van der Waals surface area contributed by atoms with E-state index in [-0.39, 0.29) is 5.78 Å². The Bertz CT molecular complexity index is 320. The summed E-state index contributed by atoms with van der Waals surface area (Å²) in [6.45, 7) is 5.84. The van der Waals surface area contributed by atoms with E-state index in [1.807, 2.05) is 12.1 Å². The molecule has 0 heterocycles. The fraction of sp³-hybridized carbons (Fsp3) is 0.417. The number of carbonyl (C=O) groups excluding carboxylic acids is 1. The van der Waals surface area contributed by atoms with Crippen LogP contribution in [0.2, 0.25) is 0 Å². The molecule has 2 heteroatoms. The molecule has 1 rings (SSSR count). The maximum atomic E-state index is 10.9. The Hall–Kier alpha value is -0.760. The molecular weight excluding hydrogens is 192 g/mol. The van der Waals surface area contributed by atoms with Gasteiger partial charge in [-0.3, -0.25) is 4.79 Å². The third-order valence-electron chi connectivity index (χ3n) is 2.00. The van der Waals surface area contributed by atoms with Crippen LogP contribution in [-0.4, -0.2) is 11.0 Å². The summed E-state index contributed by atoms with van der Waals surface area (Å²) in [5.74, 6) is 0.263. The quantitative estimate of drug-likeness (QED) is 0.705. The van der Waals surface area contributed by atoms with Crippen LogP contribution in [0.15, 0.2) is 29.2 Å². The zero-order chi connectivity index (χ0) is 10.6. The summed E-state index contributed by atoms with van der Waals surface area (Å²) in [5, 5.41) is 0.369. The molecular formula is C12H16OS. The molecule has 0 aliphatic heterocycles. The van der Waals surface area contributed by atoms with Crippen LogP contribution in [0.3, 0.4) is 0 Å². The van der Waals surface area contributed by atoms with Crippen LogP contribution < -0.4 is 0 Å². The van der Waals surface area contributed by atoms with Crippen molar-refractivity contribution in [2.24, 2.45) is 0 Å². The number of thioether (sulfide) groups is 1. The average Bonchev–Trinajstić information content (AvgIpc) is 2.07. The monoisotopic (exact) mass is 208 g/mol. The van der Waals surface area contributed by atoms with E-state index in [0.29, 0.717) is 11.7 Å². The summed E-state index contributed by atoms with van der Waals surface area (Å²) in [7, 11) is 0. The summed E-state index contributed by atoms with van der Waals surface area (Å²) >= 11 is 1.78. The number of benzene rings is 1. The summed E-state index contributed by atoms with van der Waals surface area (Å²) in [6.07, 6.45) is 0.652. The van der Waals surface area contributed by atoms with Gasteiger partial charge in [0.25, 0.3) is 0 Å². The van der Waals surface area contributed by atoms with Gasteiger partial charge in [-0.25, -0.2) is 0 Å². The third-order valence-corrected chi connectivity index (χ3v) is 3.28. The number of Topliss-reactive ketones (excluding diaryl/α,β-unsaturated/α-hetero) is 1. The van der Waals surface area contributed by atoms with Gasteiger partial charge in [-0.15, -0.1) is 11.8 Å². The van der Waals surface area contributed by atoms with E-state index < -0.39 is 0 Å². The van der Waals surface area contributed by atoms with Crippen molar-refractivity contribution in [3.8, 4) is 0 Å². The number of carbonyl (C=O) groups is 1. The molecule has 0 radical (unpaired) electrons. The molecule has 0 amide bonds. The molecule has 0 fully saturated rings. The van der Waals surface area contributed by atoms with Crippen molar-refractivity contribution in [3.63, 3.8) is 0 Å². The summed E-state index contributed by atoms with van der Waals surface area (Å²) in [5.41, 5.74) is 1.29. The lowest BCUT2D eigenvalue weighted by Crippen LogP contribution is -2.03. The molecule has 0 saturated carbocycles. The smallest absolute Gasteiger partial charge is 0.130 e. The molecule has 0 bridgehead atoms. The van der Waals surface area contributed by atoms with Crippen molar-refractivity contribution >= 4 is 17.5 Å². The molecule has 1 unspecified atom stereocenters. The van der Waals surface area contributed by atoms with Gasteiger partial charge in [-0.2, -0.15) is 0 Å². The van der Waals surface area contributed by atoms with E-state index in [9.17, 15) is 4.79 Å². The number of rotatable bonds is 4. The molecule has 76 valence electrons. The zero-order valence-corrected chi connectivity index (χ0v) is 9.73. The standard InChI is InChI=1S/C12H16OS/c1-9-6-4-5-7-12(9)14-11(3)8-10(2)13/h4-7,11H,8H2,1-3H3. The first-order valence-electron chi connectivity index (χ1n) is 4.81. The van der Waals surface area contributed by atoms with E-state index in [1.165, 1.54) is 10.5 Å². The molecule has 0 spiro atoms. The predicted octanol–water partition coefficient (Wildman–Crippen LogP) is 3.45. The van der Waals surface area contributed by atoms with Gasteiger partial charge in [0.15, 0.2) is 0 Å². The van der Waals surface area contributed by atoms with Crippen molar-refractivity contribution in [2.45, 2.75) is 37.3 Å². The molecule has 1 aromatic rings. The topological polar surface area (TPSA) is 17.1 Å². The number of ketones is 1. The zero-order valence-electron chi connectivity index (χ0n) is 8.91. The Labute approximate surface area is 89.9 Å². The first-order chi connectivity index (χ1) is 6.59. The van der Waals surface area contributed by atoms with Gasteiger partial charge in [-0.1, -0.05) is 25.1 Å². The van der Waals surface area contributed by atoms with Gasteiger partial charge in [0.05, 0.1) is 0 Å². The Morgan fingerprint density at radius 1 is 1.43 bits per heavy atom. The Kier molecular flexibility index (Phi) is 4.21. The highest BCUT2D eigenvalue weighted by atomic mass is 32.2. The fourth-order valence-electron chi connectivity index (χ4n) is 1.35. The van der Waals surface area contributed by atoms with E-state index in [1.54, 1.807) is 18.7 Å². The van der Waals surface area contributed by atoms with Crippen molar-refractivity contribution < 1.29 is 4.79 Å². The van der Waals surface area contributed by atoms with Crippen molar-refractivity contribution in [2.75, 3.05) is 0 Å². The van der Waals surface area contributed by atoms with Crippen molar-refractivity contribution in [1.82, 2.24) is 0 Å². The van der Waals surface area contributed by atoms with E-state index in [4.69, 9.17) is 0 Å². The molecule has 0 aliphatic rings. The van der Waals surface area contributed by atoms with E-state index >= 15 is 0 Å². The number of aryl methyl sites for hydroxylation is 1. The van der Waals surface area contributed by atoms with Crippen molar-refractivity contribution in [3.05, 3.63) is 29.8 Å². The molecule has 1 atom stereocenters. The maximum Gasteiger partial charge on any atom is 0.130 e. The maximum absolute atomic E-state index is 10.9.